The summed E-state index contributed by atoms with van der Waals surface area (Å²) in [7, 11) is 0. The van der Waals surface area contributed by atoms with Crippen LogP contribution < -0.4 is 5.73 Å². The molecule has 2 aliphatic rings. The maximum Gasteiger partial charge on any atom is 0.0731 e. The van der Waals surface area contributed by atoms with Crippen LogP contribution in [0.25, 0.3) is 0 Å². The topological polar surface area (TPSA) is 38.5 Å². The molecule has 14 heavy (non-hydrogen) atoms. The molecule has 82 valence electrons. The molecule has 3 atom stereocenters. The lowest BCUT2D eigenvalue weighted by molar-refractivity contribution is -0.0708. The van der Waals surface area contributed by atoms with Crippen LogP contribution in [0, 0.1) is 0 Å². The van der Waals surface area contributed by atoms with Crippen molar-refractivity contribution in [1.82, 2.24) is 4.90 Å². The highest BCUT2D eigenvalue weighted by molar-refractivity contribution is 4.92. The molecule has 3 nitrogen and oxygen atoms in total. The third kappa shape index (κ3) is 1.81. The number of ether oxygens (including phenoxy) is 1. The van der Waals surface area contributed by atoms with Gasteiger partial charge in [0.05, 0.1) is 12.7 Å². The SMILES string of the molecule is CCC(CN)N1CCOC2CCCC21. The third-order valence-corrected chi connectivity index (χ3v) is 3.74. The second kappa shape index (κ2) is 4.60. The highest BCUT2D eigenvalue weighted by atomic mass is 16.5. The lowest BCUT2D eigenvalue weighted by Gasteiger charge is -2.42. The second-order valence-electron chi connectivity index (χ2n) is 4.44. The summed E-state index contributed by atoms with van der Waals surface area (Å²) in [6.45, 7) is 5.01. The zero-order chi connectivity index (χ0) is 9.97. The average Bonchev–Trinajstić information content (AvgIpc) is 2.68. The minimum absolute atomic E-state index is 0.504. The van der Waals surface area contributed by atoms with E-state index in [1.54, 1.807) is 0 Å². The van der Waals surface area contributed by atoms with E-state index in [-0.39, 0.29) is 0 Å². The van der Waals surface area contributed by atoms with Crippen LogP contribution in [0.3, 0.4) is 0 Å². The van der Waals surface area contributed by atoms with Crippen molar-refractivity contribution in [3.8, 4) is 0 Å². The molecule has 1 aliphatic heterocycles. The summed E-state index contributed by atoms with van der Waals surface area (Å²) in [5.41, 5.74) is 5.81. The summed E-state index contributed by atoms with van der Waals surface area (Å²) in [5, 5.41) is 0. The van der Waals surface area contributed by atoms with Crippen molar-refractivity contribution >= 4 is 0 Å². The van der Waals surface area contributed by atoms with Gasteiger partial charge in [0.25, 0.3) is 0 Å². The van der Waals surface area contributed by atoms with Crippen LogP contribution >= 0.6 is 0 Å². The standard InChI is InChI=1S/C11H22N2O/c1-2-9(8-12)13-6-7-14-11-5-3-4-10(11)13/h9-11H,2-8,12H2,1H3. The van der Waals surface area contributed by atoms with E-state index in [4.69, 9.17) is 10.5 Å². The van der Waals surface area contributed by atoms with Crippen LogP contribution in [0.5, 0.6) is 0 Å². The number of rotatable bonds is 3. The van der Waals surface area contributed by atoms with Gasteiger partial charge < -0.3 is 10.5 Å². The number of nitrogens with zero attached hydrogens (tertiary/aromatic N) is 1. The van der Waals surface area contributed by atoms with Crippen molar-refractivity contribution in [2.45, 2.75) is 50.8 Å². The molecular weight excluding hydrogens is 176 g/mol. The fourth-order valence-electron chi connectivity index (χ4n) is 2.95. The largest absolute Gasteiger partial charge is 0.375 e. The molecule has 0 radical (unpaired) electrons. The van der Waals surface area contributed by atoms with E-state index >= 15 is 0 Å². The Bertz CT molecular complexity index is 182. The molecule has 0 aromatic carbocycles. The van der Waals surface area contributed by atoms with Gasteiger partial charge >= 0.3 is 0 Å². The van der Waals surface area contributed by atoms with Crippen molar-refractivity contribution in [2.75, 3.05) is 19.7 Å². The van der Waals surface area contributed by atoms with Gasteiger partial charge in [-0.1, -0.05) is 6.92 Å². The molecule has 3 heteroatoms. The van der Waals surface area contributed by atoms with Crippen molar-refractivity contribution in [3.63, 3.8) is 0 Å². The summed E-state index contributed by atoms with van der Waals surface area (Å²) in [4.78, 5) is 2.60. The first-order chi connectivity index (χ1) is 6.86. The van der Waals surface area contributed by atoms with Gasteiger partial charge in [0.1, 0.15) is 0 Å². The van der Waals surface area contributed by atoms with Gasteiger partial charge in [-0.15, -0.1) is 0 Å². The van der Waals surface area contributed by atoms with E-state index in [2.05, 4.69) is 11.8 Å². The highest BCUT2D eigenvalue weighted by Crippen LogP contribution is 2.31. The number of morpholine rings is 1. The van der Waals surface area contributed by atoms with Gasteiger partial charge in [0, 0.05) is 25.2 Å². The van der Waals surface area contributed by atoms with E-state index in [0.717, 1.165) is 19.7 Å². The number of hydrogen-bond donors (Lipinski definition) is 1. The Morgan fingerprint density at radius 2 is 2.36 bits per heavy atom. The first-order valence-corrected chi connectivity index (χ1v) is 5.94. The smallest absolute Gasteiger partial charge is 0.0731 e. The van der Waals surface area contributed by atoms with Crippen LogP contribution in [0.15, 0.2) is 0 Å². The Morgan fingerprint density at radius 1 is 1.50 bits per heavy atom. The normalized spacial score (nSPS) is 35.6. The zero-order valence-corrected chi connectivity index (χ0v) is 9.11. The fraction of sp³-hybridized carbons (Fsp3) is 1.00. The van der Waals surface area contributed by atoms with E-state index in [1.165, 1.54) is 25.7 Å². The van der Waals surface area contributed by atoms with Crippen LogP contribution in [-0.4, -0.2) is 42.8 Å². The van der Waals surface area contributed by atoms with Crippen LogP contribution in [0.4, 0.5) is 0 Å². The molecule has 0 bridgehead atoms. The fourth-order valence-corrected chi connectivity index (χ4v) is 2.95. The highest BCUT2D eigenvalue weighted by Gasteiger charge is 2.38. The Kier molecular flexibility index (Phi) is 3.42. The first-order valence-electron chi connectivity index (χ1n) is 5.94. The second-order valence-corrected chi connectivity index (χ2v) is 4.44. The Morgan fingerprint density at radius 3 is 3.07 bits per heavy atom. The van der Waals surface area contributed by atoms with E-state index in [0.29, 0.717) is 18.2 Å². The first kappa shape index (κ1) is 10.4. The van der Waals surface area contributed by atoms with Crippen molar-refractivity contribution in [2.24, 2.45) is 5.73 Å². The van der Waals surface area contributed by atoms with Gasteiger partial charge in [-0.3, -0.25) is 4.90 Å². The Balaban J connectivity index is 2.01. The van der Waals surface area contributed by atoms with Gasteiger partial charge in [-0.2, -0.15) is 0 Å². The van der Waals surface area contributed by atoms with Crippen LogP contribution in [-0.2, 0) is 4.74 Å². The van der Waals surface area contributed by atoms with Crippen molar-refractivity contribution in [3.05, 3.63) is 0 Å². The lowest BCUT2D eigenvalue weighted by atomic mass is 10.1. The van der Waals surface area contributed by atoms with Gasteiger partial charge in [-0.05, 0) is 25.7 Å². The molecule has 1 aliphatic carbocycles. The molecule has 0 amide bonds. The monoisotopic (exact) mass is 198 g/mol. The Labute approximate surface area is 86.6 Å². The molecule has 2 N–H and O–H groups in total. The zero-order valence-electron chi connectivity index (χ0n) is 9.11. The lowest BCUT2D eigenvalue weighted by Crippen LogP contribution is -2.54. The average molecular weight is 198 g/mol. The minimum atomic E-state index is 0.504. The molecule has 1 saturated heterocycles. The van der Waals surface area contributed by atoms with Crippen molar-refractivity contribution in [1.29, 1.82) is 0 Å². The molecule has 0 aromatic rings. The maximum absolute atomic E-state index is 5.81. The quantitative estimate of drug-likeness (QED) is 0.734. The van der Waals surface area contributed by atoms with Gasteiger partial charge in [-0.25, -0.2) is 0 Å². The molecule has 1 heterocycles. The minimum Gasteiger partial charge on any atom is -0.375 e. The third-order valence-electron chi connectivity index (χ3n) is 3.74. The summed E-state index contributed by atoms with van der Waals surface area (Å²) in [6.07, 6.45) is 5.56. The number of hydrogen-bond acceptors (Lipinski definition) is 3. The summed E-state index contributed by atoms with van der Waals surface area (Å²) in [6, 6.07) is 1.24. The molecule has 0 spiro atoms. The van der Waals surface area contributed by atoms with Crippen molar-refractivity contribution < 1.29 is 4.74 Å². The summed E-state index contributed by atoms with van der Waals surface area (Å²) >= 11 is 0. The summed E-state index contributed by atoms with van der Waals surface area (Å²) in [5.74, 6) is 0. The molecule has 1 saturated carbocycles. The number of fused-ring (bicyclic) bond motifs is 1. The predicted molar refractivity (Wildman–Crippen MR) is 57.2 cm³/mol. The molecule has 2 fully saturated rings. The Hall–Kier alpha value is -0.120. The van der Waals surface area contributed by atoms with Crippen LogP contribution in [0.1, 0.15) is 32.6 Å². The van der Waals surface area contributed by atoms with Gasteiger partial charge in [0.15, 0.2) is 0 Å². The summed E-state index contributed by atoms with van der Waals surface area (Å²) < 4.78 is 5.79. The van der Waals surface area contributed by atoms with E-state index < -0.39 is 0 Å². The molecule has 2 rings (SSSR count). The van der Waals surface area contributed by atoms with Gasteiger partial charge in [0.2, 0.25) is 0 Å². The molecule has 0 aromatic heterocycles. The molecular formula is C11H22N2O. The maximum atomic E-state index is 5.81. The van der Waals surface area contributed by atoms with E-state index in [1.807, 2.05) is 0 Å². The predicted octanol–water partition coefficient (Wildman–Crippen LogP) is 0.977. The molecule has 3 unspecified atom stereocenters. The van der Waals surface area contributed by atoms with E-state index in [9.17, 15) is 0 Å². The van der Waals surface area contributed by atoms with Crippen LogP contribution in [0.2, 0.25) is 0 Å². The number of nitrogens with two attached hydrogens (primary N) is 1.